The third-order valence-electron chi connectivity index (χ3n) is 3.87. The van der Waals surface area contributed by atoms with Gasteiger partial charge >= 0.3 is 4.87 Å². The SMILES string of the molecule is Cc1ccc(OCC(=O)NN=Cc2sc(=O)n(Cc3ccc(Br)cc3)c2Cl)cc1. The van der Waals surface area contributed by atoms with Crippen molar-refractivity contribution in [3.8, 4) is 5.75 Å². The van der Waals surface area contributed by atoms with Crippen LogP contribution >= 0.6 is 38.9 Å². The first-order valence-corrected chi connectivity index (χ1v) is 10.6. The van der Waals surface area contributed by atoms with E-state index in [2.05, 4.69) is 26.5 Å². The normalized spacial score (nSPS) is 11.0. The Morgan fingerprint density at radius 2 is 1.93 bits per heavy atom. The summed E-state index contributed by atoms with van der Waals surface area (Å²) in [6.45, 7) is 2.15. The molecule has 0 unspecified atom stereocenters. The van der Waals surface area contributed by atoms with Crippen LogP contribution in [0.4, 0.5) is 0 Å². The highest BCUT2D eigenvalue weighted by Gasteiger charge is 2.12. The number of hydrazone groups is 1. The first kappa shape index (κ1) is 21.3. The van der Waals surface area contributed by atoms with Gasteiger partial charge in [-0.05, 0) is 36.8 Å². The Kier molecular flexibility index (Phi) is 7.24. The van der Waals surface area contributed by atoms with Crippen LogP contribution in [0, 0.1) is 6.92 Å². The summed E-state index contributed by atoms with van der Waals surface area (Å²) >= 11 is 10.7. The third kappa shape index (κ3) is 6.03. The highest BCUT2D eigenvalue weighted by atomic mass is 79.9. The molecule has 1 N–H and O–H groups in total. The molecule has 3 aromatic rings. The molecule has 0 aliphatic rings. The first-order chi connectivity index (χ1) is 13.9. The molecule has 0 spiro atoms. The number of carbonyl (C=O) groups is 1. The average molecular weight is 495 g/mol. The van der Waals surface area contributed by atoms with Crippen LogP contribution < -0.4 is 15.0 Å². The van der Waals surface area contributed by atoms with Crippen LogP contribution in [0.2, 0.25) is 5.15 Å². The Morgan fingerprint density at radius 3 is 2.62 bits per heavy atom. The van der Waals surface area contributed by atoms with Crippen molar-refractivity contribution in [2.75, 3.05) is 6.61 Å². The molecule has 0 saturated carbocycles. The molecule has 0 aliphatic carbocycles. The number of rotatable bonds is 7. The molecule has 3 rings (SSSR count). The van der Waals surface area contributed by atoms with Gasteiger partial charge in [0.2, 0.25) is 0 Å². The number of amides is 1. The summed E-state index contributed by atoms with van der Waals surface area (Å²) in [6, 6.07) is 15.0. The molecule has 150 valence electrons. The van der Waals surface area contributed by atoms with E-state index >= 15 is 0 Å². The summed E-state index contributed by atoms with van der Waals surface area (Å²) < 4.78 is 7.80. The molecule has 6 nitrogen and oxygen atoms in total. The molecular formula is C20H17BrClN3O3S. The molecule has 0 radical (unpaired) electrons. The first-order valence-electron chi connectivity index (χ1n) is 8.57. The van der Waals surface area contributed by atoms with E-state index in [9.17, 15) is 9.59 Å². The fraction of sp³-hybridized carbons (Fsp3) is 0.150. The monoisotopic (exact) mass is 493 g/mol. The van der Waals surface area contributed by atoms with Crippen LogP contribution in [0.1, 0.15) is 16.0 Å². The van der Waals surface area contributed by atoms with Gasteiger partial charge in [-0.15, -0.1) is 0 Å². The standard InChI is InChI=1S/C20H17BrClN3O3S/c1-13-2-8-16(9-3-13)28-12-18(26)24-23-10-17-19(22)25(20(27)29-17)11-14-4-6-15(21)7-5-14/h2-10H,11-12H2,1H3,(H,24,26). The van der Waals surface area contributed by atoms with Crippen LogP contribution in [-0.2, 0) is 11.3 Å². The summed E-state index contributed by atoms with van der Waals surface area (Å²) in [5.74, 6) is 0.181. The number of benzene rings is 2. The van der Waals surface area contributed by atoms with Gasteiger partial charge in [-0.3, -0.25) is 14.2 Å². The summed E-state index contributed by atoms with van der Waals surface area (Å²) in [5.41, 5.74) is 4.41. The minimum Gasteiger partial charge on any atom is -0.484 e. The van der Waals surface area contributed by atoms with Crippen molar-refractivity contribution in [2.45, 2.75) is 13.5 Å². The van der Waals surface area contributed by atoms with Gasteiger partial charge in [0.15, 0.2) is 6.61 Å². The second-order valence-electron chi connectivity index (χ2n) is 6.13. The van der Waals surface area contributed by atoms with Gasteiger partial charge in [-0.1, -0.05) is 68.7 Å². The average Bonchev–Trinajstić information content (AvgIpc) is 2.97. The third-order valence-corrected chi connectivity index (χ3v) is 5.84. The highest BCUT2D eigenvalue weighted by Crippen LogP contribution is 2.19. The van der Waals surface area contributed by atoms with Crippen molar-refractivity contribution < 1.29 is 9.53 Å². The molecule has 2 aromatic carbocycles. The minimum atomic E-state index is -0.417. The second-order valence-corrected chi connectivity index (χ2v) is 8.40. The van der Waals surface area contributed by atoms with Gasteiger partial charge in [0.25, 0.3) is 5.91 Å². The van der Waals surface area contributed by atoms with E-state index in [4.69, 9.17) is 16.3 Å². The Hall–Kier alpha value is -2.42. The topological polar surface area (TPSA) is 72.7 Å². The molecule has 1 aromatic heterocycles. The molecule has 0 fully saturated rings. The number of hydrogen-bond donors (Lipinski definition) is 1. The van der Waals surface area contributed by atoms with E-state index in [-0.39, 0.29) is 16.6 Å². The number of nitrogens with zero attached hydrogens (tertiary/aromatic N) is 2. The van der Waals surface area contributed by atoms with Crippen molar-refractivity contribution in [3.63, 3.8) is 0 Å². The molecule has 1 amide bonds. The van der Waals surface area contributed by atoms with Crippen LogP contribution in [0.15, 0.2) is 62.9 Å². The lowest BCUT2D eigenvalue weighted by Gasteiger charge is -2.05. The van der Waals surface area contributed by atoms with E-state index in [0.717, 1.165) is 26.9 Å². The Labute approximate surface area is 184 Å². The van der Waals surface area contributed by atoms with E-state index in [1.807, 2.05) is 43.3 Å². The summed E-state index contributed by atoms with van der Waals surface area (Å²) in [4.78, 5) is 24.3. The summed E-state index contributed by atoms with van der Waals surface area (Å²) in [5, 5.41) is 4.14. The van der Waals surface area contributed by atoms with Gasteiger partial charge in [-0.25, -0.2) is 5.43 Å². The van der Waals surface area contributed by atoms with Gasteiger partial charge in [-0.2, -0.15) is 5.10 Å². The number of halogens is 2. The lowest BCUT2D eigenvalue weighted by atomic mass is 10.2. The maximum absolute atomic E-state index is 12.2. The van der Waals surface area contributed by atoms with Gasteiger partial charge in [0, 0.05) is 4.47 Å². The molecule has 0 atom stereocenters. The quantitative estimate of drug-likeness (QED) is 0.395. The van der Waals surface area contributed by atoms with Gasteiger partial charge < -0.3 is 4.74 Å². The second kappa shape index (κ2) is 9.87. The number of carbonyl (C=O) groups excluding carboxylic acids is 1. The van der Waals surface area contributed by atoms with Crippen molar-refractivity contribution in [2.24, 2.45) is 5.10 Å². The molecule has 1 heterocycles. The summed E-state index contributed by atoms with van der Waals surface area (Å²) in [6.07, 6.45) is 1.36. The number of hydrogen-bond acceptors (Lipinski definition) is 5. The molecule has 0 aliphatic heterocycles. The van der Waals surface area contributed by atoms with Crippen molar-refractivity contribution >= 4 is 51.0 Å². The Morgan fingerprint density at radius 1 is 1.24 bits per heavy atom. The van der Waals surface area contributed by atoms with Crippen molar-refractivity contribution in [1.82, 2.24) is 9.99 Å². The van der Waals surface area contributed by atoms with Crippen molar-refractivity contribution in [3.05, 3.63) is 83.8 Å². The van der Waals surface area contributed by atoms with E-state index < -0.39 is 5.91 Å². The Bertz CT molecular complexity index is 1080. The lowest BCUT2D eigenvalue weighted by Crippen LogP contribution is -2.24. The molecular weight excluding hydrogens is 478 g/mol. The van der Waals surface area contributed by atoms with Gasteiger partial charge in [0.05, 0.1) is 17.6 Å². The fourth-order valence-electron chi connectivity index (χ4n) is 2.37. The summed E-state index contributed by atoms with van der Waals surface area (Å²) in [7, 11) is 0. The predicted molar refractivity (Wildman–Crippen MR) is 119 cm³/mol. The van der Waals surface area contributed by atoms with E-state index in [1.165, 1.54) is 10.8 Å². The van der Waals surface area contributed by atoms with Crippen LogP contribution in [0.5, 0.6) is 5.75 Å². The largest absolute Gasteiger partial charge is 0.484 e. The molecule has 0 bridgehead atoms. The number of ether oxygens (including phenoxy) is 1. The fourth-order valence-corrected chi connectivity index (χ4v) is 3.74. The zero-order valence-electron chi connectivity index (χ0n) is 15.4. The van der Waals surface area contributed by atoms with Crippen LogP contribution in [0.3, 0.4) is 0 Å². The highest BCUT2D eigenvalue weighted by molar-refractivity contribution is 9.10. The molecule has 29 heavy (non-hydrogen) atoms. The maximum atomic E-state index is 12.2. The van der Waals surface area contributed by atoms with Crippen molar-refractivity contribution in [1.29, 1.82) is 0 Å². The lowest BCUT2D eigenvalue weighted by molar-refractivity contribution is -0.123. The van der Waals surface area contributed by atoms with Crippen LogP contribution in [-0.4, -0.2) is 23.3 Å². The zero-order valence-corrected chi connectivity index (χ0v) is 18.6. The van der Waals surface area contributed by atoms with Crippen LogP contribution in [0.25, 0.3) is 0 Å². The number of nitrogens with one attached hydrogen (secondary N) is 1. The molecule has 9 heteroatoms. The number of aromatic nitrogens is 1. The van der Waals surface area contributed by atoms with E-state index in [0.29, 0.717) is 17.2 Å². The minimum absolute atomic E-state index is 0.172. The Balaban J connectivity index is 1.57. The smallest absolute Gasteiger partial charge is 0.309 e. The maximum Gasteiger partial charge on any atom is 0.309 e. The zero-order chi connectivity index (χ0) is 20.8. The van der Waals surface area contributed by atoms with Gasteiger partial charge in [0.1, 0.15) is 10.9 Å². The predicted octanol–water partition coefficient (Wildman–Crippen LogP) is 4.21. The number of thiazole rings is 1. The molecule has 0 saturated heterocycles. The number of aryl methyl sites for hydroxylation is 1. The van der Waals surface area contributed by atoms with E-state index in [1.54, 1.807) is 12.1 Å².